The molecule has 6 atom stereocenters. The van der Waals surface area contributed by atoms with E-state index >= 15 is 0 Å². The van der Waals surface area contributed by atoms with E-state index in [-0.39, 0.29) is 5.41 Å². The SMILES string of the molecule is CC[C@H]1CC[C@H]2[C@@H]3CCC4=CC(O)(O)CC[C@]4(C)[C@H]3CC[C@]12C. The van der Waals surface area contributed by atoms with Crippen LogP contribution in [-0.2, 0) is 0 Å². The summed E-state index contributed by atoms with van der Waals surface area (Å²) in [7, 11) is 0. The van der Waals surface area contributed by atoms with Crippen LogP contribution in [0.3, 0.4) is 0 Å². The summed E-state index contributed by atoms with van der Waals surface area (Å²) in [6, 6.07) is 0. The number of rotatable bonds is 1. The summed E-state index contributed by atoms with van der Waals surface area (Å²) >= 11 is 0. The molecule has 3 saturated carbocycles. The third-order valence-corrected chi connectivity index (χ3v) is 8.84. The molecule has 2 heteroatoms. The molecule has 130 valence electrons. The van der Waals surface area contributed by atoms with Crippen LogP contribution in [0.1, 0.15) is 78.6 Å². The summed E-state index contributed by atoms with van der Waals surface area (Å²) in [6.07, 6.45) is 12.6. The van der Waals surface area contributed by atoms with E-state index in [4.69, 9.17) is 0 Å². The summed E-state index contributed by atoms with van der Waals surface area (Å²) in [5, 5.41) is 20.1. The van der Waals surface area contributed by atoms with Gasteiger partial charge in [-0.25, -0.2) is 0 Å². The Hall–Kier alpha value is -0.340. The first-order chi connectivity index (χ1) is 10.8. The molecule has 0 unspecified atom stereocenters. The zero-order valence-electron chi connectivity index (χ0n) is 15.1. The predicted molar refractivity (Wildman–Crippen MR) is 92.7 cm³/mol. The second-order valence-electron chi connectivity index (χ2n) is 9.61. The molecule has 0 bridgehead atoms. The second kappa shape index (κ2) is 5.08. The van der Waals surface area contributed by atoms with Crippen molar-refractivity contribution in [3.63, 3.8) is 0 Å². The van der Waals surface area contributed by atoms with Gasteiger partial charge < -0.3 is 10.2 Å². The molecule has 2 N–H and O–H groups in total. The monoisotopic (exact) mass is 318 g/mol. The Morgan fingerprint density at radius 3 is 2.52 bits per heavy atom. The average molecular weight is 319 g/mol. The highest BCUT2D eigenvalue weighted by Crippen LogP contribution is 2.67. The zero-order valence-corrected chi connectivity index (χ0v) is 15.1. The van der Waals surface area contributed by atoms with Gasteiger partial charge in [-0.2, -0.15) is 0 Å². The molecule has 4 aliphatic rings. The topological polar surface area (TPSA) is 40.5 Å². The molecule has 0 amide bonds. The normalized spacial score (nSPS) is 51.4. The first-order valence-corrected chi connectivity index (χ1v) is 9.97. The van der Waals surface area contributed by atoms with Gasteiger partial charge in [-0.15, -0.1) is 0 Å². The van der Waals surface area contributed by atoms with Gasteiger partial charge in [-0.1, -0.05) is 32.8 Å². The molecule has 0 spiro atoms. The van der Waals surface area contributed by atoms with Crippen molar-refractivity contribution in [2.45, 2.75) is 84.3 Å². The van der Waals surface area contributed by atoms with Crippen molar-refractivity contribution in [2.24, 2.45) is 34.5 Å². The zero-order chi connectivity index (χ0) is 16.5. The third kappa shape index (κ3) is 2.20. The molecule has 0 saturated heterocycles. The van der Waals surface area contributed by atoms with E-state index in [1.807, 2.05) is 6.08 Å². The molecule has 0 radical (unpaired) electrons. The third-order valence-electron chi connectivity index (χ3n) is 8.84. The van der Waals surface area contributed by atoms with Crippen molar-refractivity contribution in [1.82, 2.24) is 0 Å². The molecule has 0 heterocycles. The summed E-state index contributed by atoms with van der Waals surface area (Å²) in [5.74, 6) is 1.95. The van der Waals surface area contributed by atoms with E-state index < -0.39 is 5.79 Å². The van der Waals surface area contributed by atoms with Gasteiger partial charge in [0.2, 0.25) is 0 Å². The lowest BCUT2D eigenvalue weighted by molar-refractivity contribution is -0.146. The Kier molecular flexibility index (Phi) is 3.57. The molecule has 23 heavy (non-hydrogen) atoms. The van der Waals surface area contributed by atoms with Crippen LogP contribution in [0.5, 0.6) is 0 Å². The summed E-state index contributed by atoms with van der Waals surface area (Å²) in [4.78, 5) is 0. The Balaban J connectivity index is 1.66. The summed E-state index contributed by atoms with van der Waals surface area (Å²) < 4.78 is 0. The van der Waals surface area contributed by atoms with Crippen molar-refractivity contribution >= 4 is 0 Å². The fourth-order valence-electron chi connectivity index (χ4n) is 7.48. The molecule has 0 aromatic rings. The highest BCUT2D eigenvalue weighted by molar-refractivity contribution is 5.26. The Morgan fingerprint density at radius 1 is 1.00 bits per heavy atom. The van der Waals surface area contributed by atoms with Crippen LogP contribution < -0.4 is 0 Å². The molecule has 0 aromatic carbocycles. The van der Waals surface area contributed by atoms with E-state index in [0.717, 1.165) is 36.5 Å². The number of fused-ring (bicyclic) bond motifs is 5. The minimum atomic E-state index is -1.55. The van der Waals surface area contributed by atoms with Crippen molar-refractivity contribution in [3.8, 4) is 0 Å². The van der Waals surface area contributed by atoms with Gasteiger partial charge in [-0.3, -0.25) is 0 Å². The van der Waals surface area contributed by atoms with Gasteiger partial charge >= 0.3 is 0 Å². The largest absolute Gasteiger partial charge is 0.362 e. The molecule has 3 fully saturated rings. The number of hydrogen-bond donors (Lipinski definition) is 2. The standard InChI is InChI=1S/C21H34O2/c1-4-14-6-8-17-16-7-5-15-13-21(22,23)12-11-20(15,3)18(16)9-10-19(14,17)2/h13-14,16-18,22-23H,4-12H2,1-3H3/t14-,16-,17-,18-,19+,20-/m0/s1. The van der Waals surface area contributed by atoms with Crippen molar-refractivity contribution in [2.75, 3.05) is 0 Å². The molecule has 4 aliphatic carbocycles. The van der Waals surface area contributed by atoms with Crippen LogP contribution in [-0.4, -0.2) is 16.0 Å². The maximum atomic E-state index is 10.1. The molecule has 0 aromatic heterocycles. The van der Waals surface area contributed by atoms with Gasteiger partial charge in [0.25, 0.3) is 0 Å². The van der Waals surface area contributed by atoms with Gasteiger partial charge in [0.15, 0.2) is 5.79 Å². The maximum Gasteiger partial charge on any atom is 0.182 e. The molecule has 4 rings (SSSR count). The van der Waals surface area contributed by atoms with Crippen LogP contribution in [0.25, 0.3) is 0 Å². The van der Waals surface area contributed by atoms with Crippen LogP contribution in [0.15, 0.2) is 11.6 Å². The van der Waals surface area contributed by atoms with E-state index in [9.17, 15) is 10.2 Å². The Bertz CT molecular complexity index is 522. The molecule has 0 aliphatic heterocycles. The lowest BCUT2D eigenvalue weighted by Crippen LogP contribution is -2.51. The molecular formula is C21H34O2. The molecular weight excluding hydrogens is 284 g/mol. The predicted octanol–water partition coefficient (Wildman–Crippen LogP) is 4.66. The Morgan fingerprint density at radius 2 is 1.78 bits per heavy atom. The first-order valence-electron chi connectivity index (χ1n) is 9.97. The fraction of sp³-hybridized carbons (Fsp3) is 0.905. The molecule has 2 nitrogen and oxygen atoms in total. The Labute approximate surface area is 141 Å². The number of hydrogen-bond acceptors (Lipinski definition) is 2. The van der Waals surface area contributed by atoms with Crippen LogP contribution >= 0.6 is 0 Å². The minimum Gasteiger partial charge on any atom is -0.362 e. The van der Waals surface area contributed by atoms with Crippen molar-refractivity contribution in [1.29, 1.82) is 0 Å². The van der Waals surface area contributed by atoms with E-state index in [1.165, 1.54) is 44.1 Å². The van der Waals surface area contributed by atoms with E-state index in [0.29, 0.717) is 11.8 Å². The van der Waals surface area contributed by atoms with Crippen LogP contribution in [0, 0.1) is 34.5 Å². The van der Waals surface area contributed by atoms with Crippen LogP contribution in [0.4, 0.5) is 0 Å². The lowest BCUT2D eigenvalue weighted by atomic mass is 9.46. The lowest BCUT2D eigenvalue weighted by Gasteiger charge is -2.59. The summed E-state index contributed by atoms with van der Waals surface area (Å²) in [5.41, 5.74) is 2.16. The quantitative estimate of drug-likeness (QED) is 0.545. The average Bonchev–Trinajstić information content (AvgIpc) is 2.84. The fourth-order valence-corrected chi connectivity index (χ4v) is 7.48. The van der Waals surface area contributed by atoms with Gasteiger partial charge in [-0.05, 0) is 85.5 Å². The van der Waals surface area contributed by atoms with E-state index in [1.54, 1.807) is 0 Å². The minimum absolute atomic E-state index is 0.226. The van der Waals surface area contributed by atoms with Gasteiger partial charge in [0.05, 0.1) is 0 Å². The van der Waals surface area contributed by atoms with Crippen molar-refractivity contribution < 1.29 is 10.2 Å². The van der Waals surface area contributed by atoms with Gasteiger partial charge in [0.1, 0.15) is 0 Å². The van der Waals surface area contributed by atoms with E-state index in [2.05, 4.69) is 20.8 Å². The second-order valence-corrected chi connectivity index (χ2v) is 9.61. The first kappa shape index (κ1) is 16.1. The highest BCUT2D eigenvalue weighted by Gasteiger charge is 2.58. The highest BCUT2D eigenvalue weighted by atomic mass is 16.5. The van der Waals surface area contributed by atoms with Crippen molar-refractivity contribution in [3.05, 3.63) is 11.6 Å². The summed E-state index contributed by atoms with van der Waals surface area (Å²) in [6.45, 7) is 7.41. The number of aliphatic hydroxyl groups is 2. The van der Waals surface area contributed by atoms with Crippen LogP contribution in [0.2, 0.25) is 0 Å². The number of allylic oxidation sites excluding steroid dienone is 1. The smallest absolute Gasteiger partial charge is 0.182 e. The van der Waals surface area contributed by atoms with Gasteiger partial charge in [0, 0.05) is 6.42 Å². The maximum absolute atomic E-state index is 10.1.